The van der Waals surface area contributed by atoms with E-state index in [1.807, 2.05) is 0 Å². The number of carbonyl (C=O) groups is 1. The van der Waals surface area contributed by atoms with Gasteiger partial charge in [-0.25, -0.2) is 17.6 Å². The van der Waals surface area contributed by atoms with Crippen LogP contribution in [0.1, 0.15) is 28.6 Å². The van der Waals surface area contributed by atoms with Crippen molar-refractivity contribution in [1.82, 2.24) is 14.8 Å². The van der Waals surface area contributed by atoms with Crippen LogP contribution in [0.5, 0.6) is 6.01 Å². The van der Waals surface area contributed by atoms with Gasteiger partial charge in [0.1, 0.15) is 10.7 Å². The van der Waals surface area contributed by atoms with E-state index < -0.39 is 21.6 Å². The number of hydrogen-bond donors (Lipinski definition) is 0. The number of halogens is 1. The third-order valence-corrected chi connectivity index (χ3v) is 7.99. The van der Waals surface area contributed by atoms with Crippen molar-refractivity contribution in [2.75, 3.05) is 11.5 Å². The molecule has 1 aromatic carbocycles. The lowest BCUT2D eigenvalue weighted by Gasteiger charge is -2.08. The van der Waals surface area contributed by atoms with Crippen molar-refractivity contribution in [3.63, 3.8) is 0 Å². The molecule has 1 aliphatic rings. The minimum absolute atomic E-state index is 0.0775. The number of hydrogen-bond acceptors (Lipinski definition) is 8. The molecule has 0 atom stereocenters. The fourth-order valence-corrected chi connectivity index (χ4v) is 5.85. The number of nitrogens with zero attached hydrogens (tertiary/aromatic N) is 3. The Morgan fingerprint density at radius 2 is 2.00 bits per heavy atom. The zero-order valence-electron chi connectivity index (χ0n) is 15.0. The molecule has 0 saturated heterocycles. The van der Waals surface area contributed by atoms with E-state index in [1.54, 1.807) is 22.1 Å². The Labute approximate surface area is 174 Å². The molecule has 0 spiro atoms. The van der Waals surface area contributed by atoms with Gasteiger partial charge in [-0.1, -0.05) is 22.9 Å². The molecule has 0 amide bonds. The number of ether oxygens (including phenoxy) is 1. The summed E-state index contributed by atoms with van der Waals surface area (Å²) >= 11 is 2.51. The van der Waals surface area contributed by atoms with Gasteiger partial charge in [0, 0.05) is 11.8 Å². The van der Waals surface area contributed by atoms with Crippen LogP contribution < -0.4 is 4.74 Å². The molecule has 2 heterocycles. The predicted octanol–water partition coefficient (Wildman–Crippen LogP) is 3.60. The van der Waals surface area contributed by atoms with Crippen LogP contribution in [0.2, 0.25) is 0 Å². The Hall–Kier alpha value is -2.24. The third kappa shape index (κ3) is 4.68. The standard InChI is InChI=1S/C18H16FN3O4S3/c19-12-3-7-14(8-4-12)29(24,25)11-10-28-18-21-20-17(22(18)13-5-6-13)26-16(23)15-2-1-9-27-15/h1-4,7-9,13H,5-6,10-11H2. The molecule has 1 saturated carbocycles. The lowest BCUT2D eigenvalue weighted by molar-refractivity contribution is 0.0715. The Morgan fingerprint density at radius 1 is 1.24 bits per heavy atom. The van der Waals surface area contributed by atoms with E-state index in [-0.39, 0.29) is 28.5 Å². The summed E-state index contributed by atoms with van der Waals surface area (Å²) in [7, 11) is -3.54. The quantitative estimate of drug-likeness (QED) is 0.292. The molecule has 152 valence electrons. The van der Waals surface area contributed by atoms with Crippen molar-refractivity contribution in [2.24, 2.45) is 0 Å². The monoisotopic (exact) mass is 453 g/mol. The summed E-state index contributed by atoms with van der Waals surface area (Å²) in [6.07, 6.45) is 1.84. The van der Waals surface area contributed by atoms with Gasteiger partial charge >= 0.3 is 12.0 Å². The fourth-order valence-electron chi connectivity index (χ4n) is 2.61. The molecule has 2 aromatic heterocycles. The van der Waals surface area contributed by atoms with Crippen LogP contribution in [0.3, 0.4) is 0 Å². The summed E-state index contributed by atoms with van der Waals surface area (Å²) in [5, 5.41) is 10.3. The van der Waals surface area contributed by atoms with Crippen molar-refractivity contribution in [2.45, 2.75) is 28.9 Å². The van der Waals surface area contributed by atoms with Crippen molar-refractivity contribution < 1.29 is 22.3 Å². The molecule has 1 aliphatic carbocycles. The van der Waals surface area contributed by atoms with Crippen LogP contribution in [0.4, 0.5) is 4.39 Å². The molecule has 0 radical (unpaired) electrons. The maximum Gasteiger partial charge on any atom is 0.356 e. The fraction of sp³-hybridized carbons (Fsp3) is 0.278. The minimum atomic E-state index is -3.54. The van der Waals surface area contributed by atoms with E-state index in [1.165, 1.54) is 35.2 Å². The number of sulfone groups is 1. The van der Waals surface area contributed by atoms with Crippen LogP contribution in [-0.4, -0.2) is 40.7 Å². The molecular weight excluding hydrogens is 437 g/mol. The second-order valence-corrected chi connectivity index (χ2v) is 10.5. The van der Waals surface area contributed by atoms with Crippen LogP contribution in [-0.2, 0) is 9.84 Å². The first-order valence-corrected chi connectivity index (χ1v) is 12.3. The lowest BCUT2D eigenvalue weighted by atomic mass is 10.4. The van der Waals surface area contributed by atoms with E-state index in [2.05, 4.69) is 10.2 Å². The van der Waals surface area contributed by atoms with Crippen molar-refractivity contribution in [1.29, 1.82) is 0 Å². The summed E-state index contributed by atoms with van der Waals surface area (Å²) in [5.41, 5.74) is 0. The highest BCUT2D eigenvalue weighted by molar-refractivity contribution is 8.00. The average molecular weight is 454 g/mol. The molecule has 7 nitrogen and oxygen atoms in total. The Bertz CT molecular complexity index is 1110. The number of benzene rings is 1. The summed E-state index contributed by atoms with van der Waals surface area (Å²) < 4.78 is 44.9. The van der Waals surface area contributed by atoms with Gasteiger partial charge in [0.05, 0.1) is 10.6 Å². The molecule has 1 fully saturated rings. The van der Waals surface area contributed by atoms with Crippen molar-refractivity contribution in [3.8, 4) is 6.01 Å². The maximum atomic E-state index is 13.0. The maximum absolute atomic E-state index is 13.0. The van der Waals surface area contributed by atoms with E-state index in [0.717, 1.165) is 25.0 Å². The van der Waals surface area contributed by atoms with Crippen LogP contribution >= 0.6 is 23.1 Å². The number of esters is 1. The predicted molar refractivity (Wildman–Crippen MR) is 107 cm³/mol. The van der Waals surface area contributed by atoms with Gasteiger partial charge in [0.25, 0.3) is 0 Å². The van der Waals surface area contributed by atoms with Gasteiger partial charge in [-0.05, 0) is 48.6 Å². The van der Waals surface area contributed by atoms with Gasteiger partial charge in [-0.2, -0.15) is 0 Å². The summed E-state index contributed by atoms with van der Waals surface area (Å²) in [6, 6.07) is 8.45. The Kier molecular flexibility index (Phi) is 5.70. The molecule has 4 rings (SSSR count). The normalized spacial score (nSPS) is 14.1. The highest BCUT2D eigenvalue weighted by atomic mass is 32.2. The second-order valence-electron chi connectivity index (χ2n) is 6.35. The van der Waals surface area contributed by atoms with Crippen molar-refractivity contribution >= 4 is 38.9 Å². The first-order chi connectivity index (χ1) is 13.9. The third-order valence-electron chi connectivity index (χ3n) is 4.21. The zero-order valence-corrected chi connectivity index (χ0v) is 17.5. The molecule has 11 heteroatoms. The molecule has 0 N–H and O–H groups in total. The molecule has 0 aliphatic heterocycles. The molecule has 29 heavy (non-hydrogen) atoms. The van der Waals surface area contributed by atoms with Gasteiger partial charge < -0.3 is 4.74 Å². The van der Waals surface area contributed by atoms with Crippen LogP contribution in [0, 0.1) is 5.82 Å². The minimum Gasteiger partial charge on any atom is -0.387 e. The SMILES string of the molecule is O=C(Oc1nnc(SCCS(=O)(=O)c2ccc(F)cc2)n1C1CC1)c1cccs1. The zero-order chi connectivity index (χ0) is 20.4. The lowest BCUT2D eigenvalue weighted by Crippen LogP contribution is -2.12. The van der Waals surface area contributed by atoms with E-state index in [9.17, 15) is 17.6 Å². The molecule has 0 bridgehead atoms. The van der Waals surface area contributed by atoms with Gasteiger partial charge in [0.2, 0.25) is 0 Å². The first kappa shape index (κ1) is 20.0. The Morgan fingerprint density at radius 3 is 2.66 bits per heavy atom. The molecular formula is C18H16FN3O4S3. The van der Waals surface area contributed by atoms with E-state index >= 15 is 0 Å². The number of thiophene rings is 1. The number of thioether (sulfide) groups is 1. The van der Waals surface area contributed by atoms with Crippen molar-refractivity contribution in [3.05, 3.63) is 52.5 Å². The molecule has 0 unspecified atom stereocenters. The summed E-state index contributed by atoms with van der Waals surface area (Å²) in [4.78, 5) is 12.7. The number of rotatable bonds is 8. The second kappa shape index (κ2) is 8.25. The Balaban J connectivity index is 1.43. The topological polar surface area (TPSA) is 91.2 Å². The van der Waals surface area contributed by atoms with E-state index in [4.69, 9.17) is 4.74 Å². The number of aromatic nitrogens is 3. The summed E-state index contributed by atoms with van der Waals surface area (Å²) in [6.45, 7) is 0. The highest BCUT2D eigenvalue weighted by Crippen LogP contribution is 2.41. The highest BCUT2D eigenvalue weighted by Gasteiger charge is 2.32. The smallest absolute Gasteiger partial charge is 0.356 e. The van der Waals surface area contributed by atoms with Crippen LogP contribution in [0.25, 0.3) is 0 Å². The average Bonchev–Trinajstić information content (AvgIpc) is 3.22. The van der Waals surface area contributed by atoms with Gasteiger partial charge in [-0.3, -0.25) is 4.57 Å². The summed E-state index contributed by atoms with van der Waals surface area (Å²) in [5.74, 6) is -0.876. The van der Waals surface area contributed by atoms with Crippen LogP contribution in [0.15, 0.2) is 51.8 Å². The first-order valence-electron chi connectivity index (χ1n) is 8.76. The van der Waals surface area contributed by atoms with E-state index in [0.29, 0.717) is 10.0 Å². The largest absolute Gasteiger partial charge is 0.387 e. The molecule has 3 aromatic rings. The van der Waals surface area contributed by atoms with Gasteiger partial charge in [-0.15, -0.1) is 16.4 Å². The van der Waals surface area contributed by atoms with Gasteiger partial charge in [0.15, 0.2) is 15.0 Å². The number of carbonyl (C=O) groups excluding carboxylic acids is 1.